The Balaban J connectivity index is 2.22. The van der Waals surface area contributed by atoms with E-state index in [9.17, 15) is 0 Å². The topological polar surface area (TPSA) is 40.6 Å². The Bertz CT molecular complexity index is 394. The molecule has 0 saturated heterocycles. The van der Waals surface area contributed by atoms with Crippen molar-refractivity contribution in [3.05, 3.63) is 12.3 Å². The number of nitrogens with zero attached hydrogens (tertiary/aromatic N) is 1. The van der Waals surface area contributed by atoms with Gasteiger partial charge in [-0.15, -0.1) is 0 Å². The lowest BCUT2D eigenvalue weighted by molar-refractivity contribution is 0.115. The highest BCUT2D eigenvalue weighted by Gasteiger charge is 2.26. The quantitative estimate of drug-likeness (QED) is 0.807. The molecule has 17 heavy (non-hydrogen) atoms. The highest BCUT2D eigenvalue weighted by molar-refractivity contribution is 5.40. The van der Waals surface area contributed by atoms with Gasteiger partial charge < -0.3 is 14.2 Å². The van der Waals surface area contributed by atoms with Gasteiger partial charge in [0.25, 0.3) is 5.88 Å². The second kappa shape index (κ2) is 4.43. The highest BCUT2D eigenvalue weighted by Crippen LogP contribution is 2.35. The van der Waals surface area contributed by atoms with Crippen LogP contribution < -0.4 is 14.2 Å². The average Bonchev–Trinajstić information content (AvgIpc) is 3.02. The van der Waals surface area contributed by atoms with Crippen molar-refractivity contribution >= 4 is 0 Å². The predicted molar refractivity (Wildman–Crippen MR) is 64.8 cm³/mol. The summed E-state index contributed by atoms with van der Waals surface area (Å²) in [5, 5.41) is 0. The van der Waals surface area contributed by atoms with Crippen molar-refractivity contribution in [1.29, 1.82) is 0 Å². The fraction of sp³-hybridized carbons (Fsp3) is 0.615. The van der Waals surface area contributed by atoms with Gasteiger partial charge >= 0.3 is 0 Å². The minimum absolute atomic E-state index is 0.288. The van der Waals surface area contributed by atoms with E-state index in [0.717, 1.165) is 12.8 Å². The Kier molecular flexibility index (Phi) is 3.13. The predicted octanol–water partition coefficient (Wildman–Crippen LogP) is 2.81. The van der Waals surface area contributed by atoms with Crippen LogP contribution in [0.3, 0.4) is 0 Å². The van der Waals surface area contributed by atoms with Gasteiger partial charge in [-0.05, 0) is 33.6 Å². The van der Waals surface area contributed by atoms with Crippen LogP contribution in [-0.2, 0) is 0 Å². The van der Waals surface area contributed by atoms with Crippen LogP contribution in [0.2, 0.25) is 0 Å². The molecule has 1 aliphatic rings. The second-order valence-electron chi connectivity index (χ2n) is 5.21. The second-order valence-corrected chi connectivity index (χ2v) is 5.21. The fourth-order valence-corrected chi connectivity index (χ4v) is 1.34. The number of hydrogen-bond donors (Lipinski definition) is 0. The maximum absolute atomic E-state index is 5.78. The van der Waals surface area contributed by atoms with Crippen LogP contribution in [0.1, 0.15) is 33.6 Å². The molecule has 0 spiro atoms. The molecule has 2 rings (SSSR count). The Hall–Kier alpha value is -1.45. The van der Waals surface area contributed by atoms with Crippen LogP contribution in [0.25, 0.3) is 0 Å². The number of rotatable bonds is 4. The smallest absolute Gasteiger partial charge is 0.257 e. The molecule has 1 aromatic rings. The van der Waals surface area contributed by atoms with Gasteiger partial charge in [-0.3, -0.25) is 0 Å². The van der Waals surface area contributed by atoms with Crippen LogP contribution in [0.4, 0.5) is 0 Å². The first-order valence-electron chi connectivity index (χ1n) is 5.87. The molecule has 4 heteroatoms. The molecule has 0 bridgehead atoms. The maximum atomic E-state index is 5.78. The van der Waals surface area contributed by atoms with Crippen molar-refractivity contribution in [1.82, 2.24) is 4.98 Å². The molecule has 0 unspecified atom stereocenters. The molecule has 1 fully saturated rings. The van der Waals surface area contributed by atoms with Gasteiger partial charge in [0.1, 0.15) is 11.4 Å². The van der Waals surface area contributed by atoms with Crippen molar-refractivity contribution in [2.75, 3.05) is 7.11 Å². The van der Waals surface area contributed by atoms with Crippen LogP contribution in [-0.4, -0.2) is 23.8 Å². The van der Waals surface area contributed by atoms with Crippen LogP contribution >= 0.6 is 0 Å². The van der Waals surface area contributed by atoms with E-state index in [1.54, 1.807) is 13.3 Å². The van der Waals surface area contributed by atoms with Crippen molar-refractivity contribution in [3.8, 4) is 17.4 Å². The van der Waals surface area contributed by atoms with E-state index in [4.69, 9.17) is 14.2 Å². The van der Waals surface area contributed by atoms with Gasteiger partial charge in [0.2, 0.25) is 0 Å². The summed E-state index contributed by atoms with van der Waals surface area (Å²) in [6.45, 7) is 5.96. The van der Waals surface area contributed by atoms with Gasteiger partial charge in [0.05, 0.1) is 19.4 Å². The first kappa shape index (κ1) is 12.0. The molecule has 0 radical (unpaired) electrons. The molecule has 1 saturated carbocycles. The number of methoxy groups -OCH3 is 1. The third kappa shape index (κ3) is 3.51. The van der Waals surface area contributed by atoms with E-state index in [0.29, 0.717) is 23.5 Å². The van der Waals surface area contributed by atoms with Gasteiger partial charge in [0, 0.05) is 6.07 Å². The highest BCUT2D eigenvalue weighted by atomic mass is 16.5. The summed E-state index contributed by atoms with van der Waals surface area (Å²) in [6, 6.07) is 1.83. The lowest BCUT2D eigenvalue weighted by Gasteiger charge is -2.22. The zero-order valence-corrected chi connectivity index (χ0v) is 10.8. The molecule has 94 valence electrons. The van der Waals surface area contributed by atoms with E-state index < -0.39 is 0 Å². The van der Waals surface area contributed by atoms with Crippen LogP contribution in [0.5, 0.6) is 17.4 Å². The van der Waals surface area contributed by atoms with Gasteiger partial charge in [-0.25, -0.2) is 4.98 Å². The normalized spacial score (nSPS) is 15.5. The van der Waals surface area contributed by atoms with Crippen molar-refractivity contribution < 1.29 is 14.2 Å². The first-order valence-corrected chi connectivity index (χ1v) is 5.87. The number of aromatic nitrogens is 1. The van der Waals surface area contributed by atoms with E-state index in [2.05, 4.69) is 4.98 Å². The number of hydrogen-bond acceptors (Lipinski definition) is 4. The van der Waals surface area contributed by atoms with E-state index in [1.165, 1.54) is 0 Å². The lowest BCUT2D eigenvalue weighted by Crippen LogP contribution is -2.24. The largest absolute Gasteiger partial charge is 0.495 e. The summed E-state index contributed by atoms with van der Waals surface area (Å²) in [6.07, 6.45) is 4.16. The van der Waals surface area contributed by atoms with E-state index >= 15 is 0 Å². The summed E-state index contributed by atoms with van der Waals surface area (Å²) < 4.78 is 16.7. The Morgan fingerprint density at radius 3 is 2.53 bits per heavy atom. The minimum Gasteiger partial charge on any atom is -0.495 e. The lowest BCUT2D eigenvalue weighted by atomic mass is 10.2. The first-order chi connectivity index (χ1) is 7.98. The van der Waals surface area contributed by atoms with Crippen LogP contribution in [0.15, 0.2) is 12.3 Å². The summed E-state index contributed by atoms with van der Waals surface area (Å²) in [5.41, 5.74) is -0.288. The summed E-state index contributed by atoms with van der Waals surface area (Å²) in [4.78, 5) is 4.24. The molecular formula is C13H19NO3. The third-order valence-electron chi connectivity index (χ3n) is 2.25. The average molecular weight is 237 g/mol. The zero-order chi connectivity index (χ0) is 12.5. The molecule has 0 atom stereocenters. The Labute approximate surface area is 102 Å². The van der Waals surface area contributed by atoms with E-state index in [1.807, 2.05) is 26.8 Å². The fourth-order valence-electron chi connectivity index (χ4n) is 1.34. The molecule has 0 N–H and O–H groups in total. The summed E-state index contributed by atoms with van der Waals surface area (Å²) in [5.74, 6) is 1.88. The molecular weight excluding hydrogens is 218 g/mol. The molecule has 1 heterocycles. The van der Waals surface area contributed by atoms with Gasteiger partial charge in [-0.1, -0.05) is 0 Å². The molecule has 1 aliphatic carbocycles. The molecule has 1 aromatic heterocycles. The Morgan fingerprint density at radius 1 is 1.29 bits per heavy atom. The SMILES string of the molecule is COc1cnc(OC(C)(C)C)c(OC2CC2)c1. The third-order valence-corrected chi connectivity index (χ3v) is 2.25. The number of ether oxygens (including phenoxy) is 3. The van der Waals surface area contributed by atoms with Crippen molar-refractivity contribution in [3.63, 3.8) is 0 Å². The van der Waals surface area contributed by atoms with Gasteiger partial charge in [0.15, 0.2) is 5.75 Å². The molecule has 0 amide bonds. The molecule has 0 aromatic carbocycles. The molecule has 4 nitrogen and oxygen atoms in total. The zero-order valence-electron chi connectivity index (χ0n) is 10.8. The Morgan fingerprint density at radius 2 is 2.00 bits per heavy atom. The standard InChI is InChI=1S/C13H19NO3/c1-13(2,3)17-12-11(16-9-5-6-9)7-10(15-4)8-14-12/h7-9H,5-6H2,1-4H3. The summed E-state index contributed by atoms with van der Waals surface area (Å²) >= 11 is 0. The number of pyridine rings is 1. The minimum atomic E-state index is -0.288. The summed E-state index contributed by atoms with van der Waals surface area (Å²) in [7, 11) is 1.61. The van der Waals surface area contributed by atoms with Crippen molar-refractivity contribution in [2.24, 2.45) is 0 Å². The maximum Gasteiger partial charge on any atom is 0.257 e. The van der Waals surface area contributed by atoms with E-state index in [-0.39, 0.29) is 5.60 Å². The van der Waals surface area contributed by atoms with Crippen LogP contribution in [0, 0.1) is 0 Å². The van der Waals surface area contributed by atoms with Crippen molar-refractivity contribution in [2.45, 2.75) is 45.3 Å². The molecule has 0 aliphatic heterocycles. The van der Waals surface area contributed by atoms with Gasteiger partial charge in [-0.2, -0.15) is 0 Å². The monoisotopic (exact) mass is 237 g/mol.